The van der Waals surface area contributed by atoms with Crippen molar-refractivity contribution >= 4 is 32.2 Å². The van der Waals surface area contributed by atoms with Crippen molar-refractivity contribution in [1.82, 2.24) is 0 Å². The van der Waals surface area contributed by atoms with Gasteiger partial charge in [0.1, 0.15) is 0 Å². The number of fused-ring (bicyclic) bond motifs is 2. The van der Waals surface area contributed by atoms with Crippen LogP contribution in [-0.2, 0) is 0 Å². The molecular weight excluding hydrogens is 192 g/mol. The van der Waals surface area contributed by atoms with E-state index in [0.717, 1.165) is 10.1 Å². The van der Waals surface area contributed by atoms with Crippen LogP contribution in [0.1, 0.15) is 0 Å². The van der Waals surface area contributed by atoms with Crippen LogP contribution in [0.3, 0.4) is 0 Å². The van der Waals surface area contributed by atoms with Crippen LogP contribution in [0.4, 0.5) is 0 Å². The van der Waals surface area contributed by atoms with Gasteiger partial charge in [-0.1, -0.05) is 35.6 Å². The van der Waals surface area contributed by atoms with Crippen LogP contribution in [0.25, 0.3) is 20.9 Å². The summed E-state index contributed by atoms with van der Waals surface area (Å²) >= 11 is 1.42. The fraction of sp³-hybridized carbons (Fsp3) is 0. The van der Waals surface area contributed by atoms with E-state index in [4.69, 9.17) is 0 Å². The number of benzene rings is 2. The number of thiophene rings is 1. The third-order valence-corrected chi connectivity index (χ3v) is 3.27. The Morgan fingerprint density at radius 3 is 2.36 bits per heavy atom. The van der Waals surface area contributed by atoms with Gasteiger partial charge in [0.05, 0.1) is 0 Å². The maximum absolute atomic E-state index is 9.38. The Labute approximate surface area is 85.2 Å². The van der Waals surface area contributed by atoms with E-state index in [0.29, 0.717) is 5.06 Å². The predicted molar refractivity (Wildman–Crippen MR) is 61.0 cm³/mol. The Balaban J connectivity index is 2.51. The van der Waals surface area contributed by atoms with E-state index in [1.165, 1.54) is 22.1 Å². The molecule has 3 rings (SSSR count). The van der Waals surface area contributed by atoms with E-state index in [1.807, 2.05) is 18.2 Å². The second-order valence-corrected chi connectivity index (χ2v) is 4.38. The van der Waals surface area contributed by atoms with E-state index >= 15 is 0 Å². The van der Waals surface area contributed by atoms with Gasteiger partial charge in [-0.3, -0.25) is 0 Å². The molecule has 68 valence electrons. The Morgan fingerprint density at radius 1 is 0.857 bits per heavy atom. The molecule has 1 aromatic heterocycles. The molecule has 0 saturated heterocycles. The average Bonchev–Trinajstić information content (AvgIpc) is 2.53. The lowest BCUT2D eigenvalue weighted by molar-refractivity contribution is 0.491. The zero-order valence-corrected chi connectivity index (χ0v) is 8.21. The van der Waals surface area contributed by atoms with Crippen LogP contribution in [0.15, 0.2) is 42.5 Å². The lowest BCUT2D eigenvalue weighted by atomic mass is 10.1. The number of hydrogen-bond donors (Lipinski definition) is 1. The highest BCUT2D eigenvalue weighted by molar-refractivity contribution is 7.20. The Hall–Kier alpha value is -1.54. The Kier molecular flexibility index (Phi) is 1.52. The topological polar surface area (TPSA) is 20.2 Å². The molecule has 0 aliphatic heterocycles. The molecular formula is C12H8OS. The van der Waals surface area contributed by atoms with Gasteiger partial charge >= 0.3 is 0 Å². The third kappa shape index (κ3) is 1.08. The molecule has 1 heterocycles. The standard InChI is InChI=1S/C12H8OS/c13-12-7-10-5-8-3-1-2-4-9(8)6-11(10)14-12/h1-7,13H. The minimum absolute atomic E-state index is 0.385. The van der Waals surface area contributed by atoms with Gasteiger partial charge in [0.15, 0.2) is 5.06 Å². The van der Waals surface area contributed by atoms with E-state index in [1.54, 1.807) is 0 Å². The summed E-state index contributed by atoms with van der Waals surface area (Å²) in [6, 6.07) is 14.3. The van der Waals surface area contributed by atoms with Crippen LogP contribution in [0, 0.1) is 0 Å². The van der Waals surface area contributed by atoms with Crippen molar-refractivity contribution in [2.45, 2.75) is 0 Å². The molecule has 1 N–H and O–H groups in total. The SMILES string of the molecule is Oc1cc2cc3ccccc3cc2s1. The molecule has 0 unspecified atom stereocenters. The molecule has 3 aromatic rings. The van der Waals surface area contributed by atoms with Crippen molar-refractivity contribution < 1.29 is 5.11 Å². The van der Waals surface area contributed by atoms with Gasteiger partial charge in [-0.25, -0.2) is 0 Å². The van der Waals surface area contributed by atoms with Gasteiger partial charge in [-0.2, -0.15) is 0 Å². The van der Waals surface area contributed by atoms with Crippen LogP contribution in [-0.4, -0.2) is 5.11 Å². The zero-order valence-electron chi connectivity index (χ0n) is 7.40. The summed E-state index contributed by atoms with van der Waals surface area (Å²) in [5.74, 6) is 0. The van der Waals surface area contributed by atoms with Crippen LogP contribution < -0.4 is 0 Å². The molecule has 0 aliphatic carbocycles. The van der Waals surface area contributed by atoms with Gasteiger partial charge in [-0.15, -0.1) is 0 Å². The van der Waals surface area contributed by atoms with Crippen molar-refractivity contribution in [2.75, 3.05) is 0 Å². The van der Waals surface area contributed by atoms with Crippen molar-refractivity contribution in [3.8, 4) is 5.06 Å². The van der Waals surface area contributed by atoms with E-state index < -0.39 is 0 Å². The first-order chi connectivity index (χ1) is 6.83. The molecule has 0 spiro atoms. The second-order valence-electron chi connectivity index (χ2n) is 3.32. The van der Waals surface area contributed by atoms with Crippen molar-refractivity contribution in [3.63, 3.8) is 0 Å². The molecule has 2 aromatic carbocycles. The van der Waals surface area contributed by atoms with Crippen molar-refractivity contribution in [3.05, 3.63) is 42.5 Å². The summed E-state index contributed by atoms with van der Waals surface area (Å²) in [5.41, 5.74) is 0. The highest BCUT2D eigenvalue weighted by Gasteiger charge is 2.01. The second kappa shape index (κ2) is 2.72. The molecule has 0 atom stereocenters. The molecule has 0 aliphatic rings. The van der Waals surface area contributed by atoms with Crippen LogP contribution in [0.5, 0.6) is 5.06 Å². The maximum Gasteiger partial charge on any atom is 0.172 e. The number of hydrogen-bond acceptors (Lipinski definition) is 2. The molecule has 0 saturated carbocycles. The largest absolute Gasteiger partial charge is 0.499 e. The quantitative estimate of drug-likeness (QED) is 0.585. The molecule has 0 radical (unpaired) electrons. The van der Waals surface area contributed by atoms with E-state index in [2.05, 4.69) is 24.3 Å². The number of aromatic hydroxyl groups is 1. The van der Waals surface area contributed by atoms with Gasteiger partial charge in [0.25, 0.3) is 0 Å². The summed E-state index contributed by atoms with van der Waals surface area (Å²) in [5, 5.41) is 13.3. The van der Waals surface area contributed by atoms with Gasteiger partial charge in [0, 0.05) is 4.70 Å². The maximum atomic E-state index is 9.38. The van der Waals surface area contributed by atoms with Crippen molar-refractivity contribution in [2.24, 2.45) is 0 Å². The molecule has 14 heavy (non-hydrogen) atoms. The minimum atomic E-state index is 0.385. The fourth-order valence-corrected chi connectivity index (χ4v) is 2.55. The zero-order chi connectivity index (χ0) is 9.54. The first-order valence-electron chi connectivity index (χ1n) is 4.44. The summed E-state index contributed by atoms with van der Waals surface area (Å²) in [7, 11) is 0. The molecule has 0 fully saturated rings. The lowest BCUT2D eigenvalue weighted by Crippen LogP contribution is -1.69. The normalized spacial score (nSPS) is 11.1. The Bertz CT molecular complexity index is 557. The van der Waals surface area contributed by atoms with Gasteiger partial charge in [-0.05, 0) is 34.4 Å². The smallest absolute Gasteiger partial charge is 0.172 e. The van der Waals surface area contributed by atoms with E-state index in [-0.39, 0.29) is 0 Å². The molecule has 0 bridgehead atoms. The van der Waals surface area contributed by atoms with Crippen LogP contribution >= 0.6 is 11.3 Å². The average molecular weight is 200 g/mol. The van der Waals surface area contributed by atoms with Gasteiger partial charge < -0.3 is 5.11 Å². The molecule has 1 nitrogen and oxygen atoms in total. The van der Waals surface area contributed by atoms with Crippen LogP contribution in [0.2, 0.25) is 0 Å². The Morgan fingerprint density at radius 2 is 1.57 bits per heavy atom. The summed E-state index contributed by atoms with van der Waals surface area (Å²) < 4.78 is 1.14. The monoisotopic (exact) mass is 200 g/mol. The summed E-state index contributed by atoms with van der Waals surface area (Å²) in [4.78, 5) is 0. The first-order valence-corrected chi connectivity index (χ1v) is 5.26. The van der Waals surface area contributed by atoms with E-state index in [9.17, 15) is 5.11 Å². The first kappa shape index (κ1) is 7.83. The van der Waals surface area contributed by atoms with Gasteiger partial charge in [0.2, 0.25) is 0 Å². The highest BCUT2D eigenvalue weighted by Crippen LogP contribution is 2.33. The summed E-state index contributed by atoms with van der Waals surface area (Å²) in [6.07, 6.45) is 0. The highest BCUT2D eigenvalue weighted by atomic mass is 32.1. The van der Waals surface area contributed by atoms with Crippen molar-refractivity contribution in [1.29, 1.82) is 0 Å². The minimum Gasteiger partial charge on any atom is -0.499 e. The fourth-order valence-electron chi connectivity index (χ4n) is 1.71. The predicted octanol–water partition coefficient (Wildman–Crippen LogP) is 3.76. The molecule has 2 heteroatoms. The molecule has 0 amide bonds. The third-order valence-electron chi connectivity index (χ3n) is 2.37. The summed E-state index contributed by atoms with van der Waals surface area (Å²) in [6.45, 7) is 0. The lowest BCUT2D eigenvalue weighted by Gasteiger charge is -1.96. The number of rotatable bonds is 0.